The minimum absolute atomic E-state index is 0.0394. The van der Waals surface area contributed by atoms with Gasteiger partial charge in [0.25, 0.3) is 5.91 Å². The number of carbonyl (C=O) groups excluding carboxylic acids is 3. The van der Waals surface area contributed by atoms with Crippen molar-refractivity contribution in [2.45, 2.75) is 52.4 Å². The fourth-order valence-electron chi connectivity index (χ4n) is 2.80. The molecular weight excluding hydrogens is 453 g/mol. The van der Waals surface area contributed by atoms with Crippen LogP contribution in [-0.2, 0) is 16.1 Å². The molecule has 0 fully saturated rings. The SMILES string of the molecule is CC(C)NC(=O)NCc1ccc(C(=O)OC(C)C(=O)NC(C)c2ccc(Cl)cc2Cl)cc1. The quantitative estimate of drug-likeness (QED) is 0.481. The first-order chi connectivity index (χ1) is 15.1. The molecule has 2 aromatic carbocycles. The lowest BCUT2D eigenvalue weighted by Crippen LogP contribution is -2.39. The van der Waals surface area contributed by atoms with Gasteiger partial charge in [0, 0.05) is 22.6 Å². The summed E-state index contributed by atoms with van der Waals surface area (Å²) in [5, 5.41) is 9.17. The first-order valence-corrected chi connectivity index (χ1v) is 10.9. The molecule has 2 atom stereocenters. The third-order valence-electron chi connectivity index (χ3n) is 4.50. The second-order valence-electron chi connectivity index (χ2n) is 7.62. The largest absolute Gasteiger partial charge is 0.449 e. The number of amides is 3. The summed E-state index contributed by atoms with van der Waals surface area (Å²) in [4.78, 5) is 36.5. The third-order valence-corrected chi connectivity index (χ3v) is 5.07. The Balaban J connectivity index is 1.88. The van der Waals surface area contributed by atoms with Crippen LogP contribution in [-0.4, -0.2) is 30.1 Å². The molecule has 9 heteroatoms. The first kappa shape index (κ1) is 25.5. The highest BCUT2D eigenvalue weighted by Gasteiger charge is 2.22. The van der Waals surface area contributed by atoms with Crippen molar-refractivity contribution in [3.63, 3.8) is 0 Å². The van der Waals surface area contributed by atoms with Crippen LogP contribution in [0.4, 0.5) is 4.79 Å². The molecule has 0 saturated heterocycles. The van der Waals surface area contributed by atoms with Crippen molar-refractivity contribution in [2.24, 2.45) is 0 Å². The van der Waals surface area contributed by atoms with E-state index in [9.17, 15) is 14.4 Å². The predicted octanol–water partition coefficient (Wildman–Crippen LogP) is 4.62. The van der Waals surface area contributed by atoms with Gasteiger partial charge >= 0.3 is 12.0 Å². The van der Waals surface area contributed by atoms with Gasteiger partial charge in [0.1, 0.15) is 0 Å². The lowest BCUT2D eigenvalue weighted by Gasteiger charge is -2.19. The summed E-state index contributed by atoms with van der Waals surface area (Å²) in [6, 6.07) is 11.0. The van der Waals surface area contributed by atoms with Crippen molar-refractivity contribution in [3.8, 4) is 0 Å². The molecule has 0 heterocycles. The Morgan fingerprint density at radius 2 is 1.59 bits per heavy atom. The Hall–Kier alpha value is -2.77. The van der Waals surface area contributed by atoms with Crippen LogP contribution in [0.15, 0.2) is 42.5 Å². The fourth-order valence-corrected chi connectivity index (χ4v) is 3.37. The van der Waals surface area contributed by atoms with Crippen molar-refractivity contribution >= 4 is 41.1 Å². The Bertz CT molecular complexity index is 964. The molecular formula is C23H27Cl2N3O4. The van der Waals surface area contributed by atoms with E-state index in [1.807, 2.05) is 13.8 Å². The zero-order valence-electron chi connectivity index (χ0n) is 18.4. The Morgan fingerprint density at radius 1 is 0.938 bits per heavy atom. The van der Waals surface area contributed by atoms with Gasteiger partial charge in [-0.2, -0.15) is 0 Å². The van der Waals surface area contributed by atoms with Crippen LogP contribution in [0.5, 0.6) is 0 Å². The maximum absolute atomic E-state index is 12.4. The molecule has 172 valence electrons. The third kappa shape index (κ3) is 7.73. The van der Waals surface area contributed by atoms with Gasteiger partial charge in [0.2, 0.25) is 0 Å². The summed E-state index contributed by atoms with van der Waals surface area (Å²) >= 11 is 12.1. The van der Waals surface area contributed by atoms with Crippen molar-refractivity contribution in [1.82, 2.24) is 16.0 Å². The van der Waals surface area contributed by atoms with E-state index in [1.54, 1.807) is 49.4 Å². The summed E-state index contributed by atoms with van der Waals surface area (Å²) < 4.78 is 5.28. The number of ether oxygens (including phenoxy) is 1. The van der Waals surface area contributed by atoms with Gasteiger partial charge in [-0.05, 0) is 63.1 Å². The Labute approximate surface area is 197 Å². The van der Waals surface area contributed by atoms with E-state index in [1.165, 1.54) is 6.92 Å². The minimum atomic E-state index is -1.00. The van der Waals surface area contributed by atoms with E-state index in [4.69, 9.17) is 27.9 Å². The maximum Gasteiger partial charge on any atom is 0.338 e. The van der Waals surface area contributed by atoms with Crippen LogP contribution in [0.25, 0.3) is 0 Å². The number of halogens is 2. The van der Waals surface area contributed by atoms with E-state index >= 15 is 0 Å². The second kappa shape index (κ2) is 11.7. The van der Waals surface area contributed by atoms with E-state index < -0.39 is 24.0 Å². The van der Waals surface area contributed by atoms with Crippen molar-refractivity contribution in [3.05, 3.63) is 69.2 Å². The molecule has 0 aliphatic carbocycles. The van der Waals surface area contributed by atoms with Gasteiger partial charge in [0.15, 0.2) is 6.10 Å². The number of esters is 1. The molecule has 0 aromatic heterocycles. The predicted molar refractivity (Wildman–Crippen MR) is 125 cm³/mol. The molecule has 3 amide bonds. The van der Waals surface area contributed by atoms with Crippen LogP contribution in [0, 0.1) is 0 Å². The smallest absolute Gasteiger partial charge is 0.338 e. The van der Waals surface area contributed by atoms with Crippen molar-refractivity contribution < 1.29 is 19.1 Å². The fraction of sp³-hybridized carbons (Fsp3) is 0.348. The molecule has 7 nitrogen and oxygen atoms in total. The van der Waals surface area contributed by atoms with Crippen molar-refractivity contribution in [1.29, 1.82) is 0 Å². The molecule has 2 aromatic rings. The van der Waals surface area contributed by atoms with Crippen LogP contribution in [0.2, 0.25) is 10.0 Å². The molecule has 2 unspecified atom stereocenters. The normalized spacial score (nSPS) is 12.6. The zero-order valence-corrected chi connectivity index (χ0v) is 19.9. The number of benzene rings is 2. The zero-order chi connectivity index (χ0) is 23.8. The molecule has 0 bridgehead atoms. The van der Waals surface area contributed by atoms with E-state index in [-0.39, 0.29) is 12.1 Å². The van der Waals surface area contributed by atoms with Crippen molar-refractivity contribution in [2.75, 3.05) is 0 Å². The summed E-state index contributed by atoms with van der Waals surface area (Å²) in [7, 11) is 0. The van der Waals surface area contributed by atoms with Crippen LogP contribution in [0.3, 0.4) is 0 Å². The van der Waals surface area contributed by atoms with Gasteiger partial charge in [-0.3, -0.25) is 4.79 Å². The topological polar surface area (TPSA) is 96.5 Å². The molecule has 2 rings (SSSR count). The number of hydrogen-bond acceptors (Lipinski definition) is 4. The maximum atomic E-state index is 12.4. The standard InChI is InChI=1S/C23H27Cl2N3O4/c1-13(2)27-23(31)26-12-16-5-7-17(8-6-16)22(30)32-15(4)21(29)28-14(3)19-10-9-18(24)11-20(19)25/h5-11,13-15H,12H2,1-4H3,(H,28,29)(H2,26,27,31). The number of urea groups is 1. The highest BCUT2D eigenvalue weighted by molar-refractivity contribution is 6.35. The molecule has 0 radical (unpaired) electrons. The lowest BCUT2D eigenvalue weighted by atomic mass is 10.1. The number of hydrogen-bond donors (Lipinski definition) is 3. The monoisotopic (exact) mass is 479 g/mol. The second-order valence-corrected chi connectivity index (χ2v) is 8.47. The Morgan fingerprint density at radius 3 is 2.19 bits per heavy atom. The van der Waals surface area contributed by atoms with Gasteiger partial charge in [-0.15, -0.1) is 0 Å². The number of nitrogens with one attached hydrogen (secondary N) is 3. The molecule has 3 N–H and O–H groups in total. The Kier molecular flexibility index (Phi) is 9.35. The lowest BCUT2D eigenvalue weighted by molar-refractivity contribution is -0.129. The summed E-state index contributed by atoms with van der Waals surface area (Å²) in [6.07, 6.45) is -1.00. The van der Waals surface area contributed by atoms with Gasteiger partial charge in [-0.25, -0.2) is 9.59 Å². The first-order valence-electron chi connectivity index (χ1n) is 10.2. The number of rotatable bonds is 8. The van der Waals surface area contributed by atoms with Crippen LogP contribution in [0.1, 0.15) is 55.2 Å². The van der Waals surface area contributed by atoms with Gasteiger partial charge in [-0.1, -0.05) is 41.4 Å². The van der Waals surface area contributed by atoms with Gasteiger partial charge < -0.3 is 20.7 Å². The highest BCUT2D eigenvalue weighted by Crippen LogP contribution is 2.26. The minimum Gasteiger partial charge on any atom is -0.449 e. The summed E-state index contributed by atoms with van der Waals surface area (Å²) in [6.45, 7) is 7.33. The average Bonchev–Trinajstić information content (AvgIpc) is 2.71. The summed E-state index contributed by atoms with van der Waals surface area (Å²) in [5.74, 6) is -1.07. The van der Waals surface area contributed by atoms with Crippen LogP contribution < -0.4 is 16.0 Å². The van der Waals surface area contributed by atoms with E-state index in [2.05, 4.69) is 16.0 Å². The van der Waals surface area contributed by atoms with E-state index in [0.717, 1.165) is 5.56 Å². The molecule has 0 spiro atoms. The molecule has 0 saturated carbocycles. The van der Waals surface area contributed by atoms with Crippen LogP contribution >= 0.6 is 23.2 Å². The molecule has 0 aliphatic rings. The average molecular weight is 480 g/mol. The number of carbonyl (C=O) groups is 3. The molecule has 0 aliphatic heterocycles. The van der Waals surface area contributed by atoms with Gasteiger partial charge in [0.05, 0.1) is 11.6 Å². The molecule has 32 heavy (non-hydrogen) atoms. The highest BCUT2D eigenvalue weighted by atomic mass is 35.5. The summed E-state index contributed by atoms with van der Waals surface area (Å²) in [5.41, 5.74) is 1.82. The van der Waals surface area contributed by atoms with E-state index in [0.29, 0.717) is 27.7 Å².